The molecule has 0 heterocycles. The molecule has 8 heavy (non-hydrogen) atoms. The third kappa shape index (κ3) is 120. The van der Waals surface area contributed by atoms with Crippen LogP contribution in [0.2, 0.25) is 0 Å². The second kappa shape index (κ2) is 10.2. The number of rotatable bonds is 1. The molecule has 0 aromatic carbocycles. The predicted octanol–water partition coefficient (Wildman–Crippen LogP) is 0.521. The highest BCUT2D eigenvalue weighted by atomic mass is 35.5. The minimum Gasteiger partial charge on any atom is -0.395 e. The molecule has 0 atom stereocenters. The highest BCUT2D eigenvalue weighted by molar-refractivity contribution is 6.93. The van der Waals surface area contributed by atoms with Gasteiger partial charge in [-0.15, -0.1) is 0 Å². The molecule has 0 bridgehead atoms. The molecule has 5 heteroatoms. The monoisotopic (exact) mass is 159 g/mol. The van der Waals surface area contributed by atoms with Gasteiger partial charge in [0.1, 0.15) is 0 Å². The molecule has 0 rings (SSSR count). The average molecular weight is 160 g/mol. The number of hydrogen-bond donors (Lipinski definition) is 2. The van der Waals surface area contributed by atoms with Gasteiger partial charge < -0.3 is 10.8 Å². The normalized spacial score (nSPS) is 7.00. The Balaban J connectivity index is 0. The molecule has 0 aliphatic heterocycles. The largest absolute Gasteiger partial charge is 0.395 e. The summed E-state index contributed by atoms with van der Waals surface area (Å²) in [4.78, 5) is 8.98. The predicted molar refractivity (Wildman–Crippen MR) is 33.2 cm³/mol. The molecule has 0 saturated heterocycles. The van der Waals surface area contributed by atoms with Crippen molar-refractivity contribution in [2.75, 3.05) is 13.2 Å². The van der Waals surface area contributed by atoms with Gasteiger partial charge in [-0.05, 0) is 23.2 Å². The van der Waals surface area contributed by atoms with Crippen molar-refractivity contribution in [2.24, 2.45) is 5.73 Å². The summed E-state index contributed by atoms with van der Waals surface area (Å²) in [5.41, 5.74) is 4.78. The molecule has 3 nitrogen and oxygen atoms in total. The molecule has 0 aromatic heterocycles. The van der Waals surface area contributed by atoms with Crippen molar-refractivity contribution < 1.29 is 9.90 Å². The zero-order valence-electron chi connectivity index (χ0n) is 4.10. The Labute approximate surface area is 57.4 Å². The van der Waals surface area contributed by atoms with Gasteiger partial charge in [0.25, 0.3) is 0 Å². The first-order valence-corrected chi connectivity index (χ1v) is 2.56. The van der Waals surface area contributed by atoms with E-state index in [1.165, 1.54) is 0 Å². The second-order valence-electron chi connectivity index (χ2n) is 0.738. The van der Waals surface area contributed by atoms with Gasteiger partial charge in [-0.25, -0.2) is 0 Å². The molecule has 50 valence electrons. The molecule has 0 aliphatic carbocycles. The molecule has 0 radical (unpaired) electrons. The Bertz CT molecular complexity index is 53.2. The maximum atomic E-state index is 8.98. The summed E-state index contributed by atoms with van der Waals surface area (Å²) in [7, 11) is 0. The van der Waals surface area contributed by atoms with Crippen molar-refractivity contribution in [3.8, 4) is 0 Å². The van der Waals surface area contributed by atoms with Gasteiger partial charge in [0.2, 0.25) is 0 Å². The third-order valence-corrected chi connectivity index (χ3v) is 0.129. The van der Waals surface area contributed by atoms with E-state index < -0.39 is 4.70 Å². The first-order chi connectivity index (χ1) is 3.65. The number of aliphatic hydroxyl groups is 1. The topological polar surface area (TPSA) is 63.3 Å². The van der Waals surface area contributed by atoms with Gasteiger partial charge in [-0.3, -0.25) is 4.79 Å². The Morgan fingerprint density at radius 2 is 1.75 bits per heavy atom. The molecule has 0 saturated carbocycles. The quantitative estimate of drug-likeness (QED) is 0.549. The minimum atomic E-state index is -0.889. The van der Waals surface area contributed by atoms with E-state index in [2.05, 4.69) is 23.2 Å². The fourth-order valence-corrected chi connectivity index (χ4v) is 0. The maximum absolute atomic E-state index is 8.98. The van der Waals surface area contributed by atoms with E-state index in [4.69, 9.17) is 15.6 Å². The number of nitrogens with two attached hydrogens (primary N) is 1. The highest BCUT2D eigenvalue weighted by Gasteiger charge is 1.72. The fraction of sp³-hybridized carbons (Fsp3) is 0.667. The second-order valence-corrected chi connectivity index (χ2v) is 1.62. The first kappa shape index (κ1) is 11.0. The molecule has 0 aliphatic rings. The number of halogens is 2. The molecule has 3 N–H and O–H groups in total. The molecule has 0 unspecified atom stereocenters. The smallest absolute Gasteiger partial charge is 0.313 e. The van der Waals surface area contributed by atoms with E-state index in [0.717, 1.165) is 0 Å². The summed E-state index contributed by atoms with van der Waals surface area (Å²) in [6.07, 6.45) is 0. The van der Waals surface area contributed by atoms with Gasteiger partial charge in [-0.2, -0.15) is 0 Å². The summed E-state index contributed by atoms with van der Waals surface area (Å²) < 4.78 is -0.889. The molecule has 0 aromatic rings. The van der Waals surface area contributed by atoms with Gasteiger partial charge in [-0.1, -0.05) is 0 Å². The Morgan fingerprint density at radius 3 is 1.75 bits per heavy atom. The molecular weight excluding hydrogens is 153 g/mol. The van der Waals surface area contributed by atoms with E-state index in [-0.39, 0.29) is 6.61 Å². The van der Waals surface area contributed by atoms with Gasteiger partial charge in [0.15, 0.2) is 0 Å². The van der Waals surface area contributed by atoms with E-state index in [1.807, 2.05) is 0 Å². The lowest BCUT2D eigenvalue weighted by atomic mass is 10.8. The number of hydrogen-bond acceptors (Lipinski definition) is 3. The highest BCUT2D eigenvalue weighted by Crippen LogP contribution is 1.84. The zero-order chi connectivity index (χ0) is 6.99. The zero-order valence-corrected chi connectivity index (χ0v) is 5.61. The summed E-state index contributed by atoms with van der Waals surface area (Å²) in [6.45, 7) is 0.472. The van der Waals surface area contributed by atoms with Crippen molar-refractivity contribution in [1.29, 1.82) is 0 Å². The maximum Gasteiger partial charge on any atom is 0.313 e. The van der Waals surface area contributed by atoms with E-state index >= 15 is 0 Å². The van der Waals surface area contributed by atoms with Crippen molar-refractivity contribution in [1.82, 2.24) is 0 Å². The van der Waals surface area contributed by atoms with E-state index in [1.54, 1.807) is 0 Å². The lowest BCUT2D eigenvalue weighted by molar-refractivity contribution is 0.275. The number of carbonyl (C=O) groups is 1. The van der Waals surface area contributed by atoms with Crippen LogP contribution in [-0.4, -0.2) is 23.0 Å². The van der Waals surface area contributed by atoms with Crippen LogP contribution in [0.3, 0.4) is 0 Å². The van der Waals surface area contributed by atoms with Crippen LogP contribution >= 0.6 is 23.2 Å². The summed E-state index contributed by atoms with van der Waals surface area (Å²) in [6, 6.07) is 0. The lowest BCUT2D eigenvalue weighted by Crippen LogP contribution is -2.02. The molecular formula is C3H7Cl2NO2. The van der Waals surface area contributed by atoms with Gasteiger partial charge in [0, 0.05) is 6.54 Å². The molecule has 0 amide bonds. The third-order valence-electron chi connectivity index (χ3n) is 0.129. The van der Waals surface area contributed by atoms with E-state index in [9.17, 15) is 0 Å². The Kier molecular flexibility index (Phi) is 14.1. The van der Waals surface area contributed by atoms with Gasteiger partial charge in [0.05, 0.1) is 6.61 Å². The lowest BCUT2D eigenvalue weighted by Gasteiger charge is -1.71. The van der Waals surface area contributed by atoms with Gasteiger partial charge >= 0.3 is 4.70 Å². The Hall–Kier alpha value is 0.170. The van der Waals surface area contributed by atoms with Crippen LogP contribution in [0.25, 0.3) is 0 Å². The SMILES string of the molecule is NCCO.O=C(Cl)Cl. The minimum absolute atomic E-state index is 0.0972. The van der Waals surface area contributed by atoms with Crippen LogP contribution in [-0.2, 0) is 0 Å². The summed E-state index contributed by atoms with van der Waals surface area (Å²) >= 11 is 8.80. The first-order valence-electron chi connectivity index (χ1n) is 1.81. The number of carbonyl (C=O) groups excluding carboxylic acids is 1. The number of aliphatic hydroxyl groups excluding tert-OH is 1. The van der Waals surface area contributed by atoms with Crippen LogP contribution in [0, 0.1) is 0 Å². The van der Waals surface area contributed by atoms with Crippen LogP contribution in [0.15, 0.2) is 0 Å². The summed E-state index contributed by atoms with van der Waals surface area (Å²) in [5, 5.41) is 7.75. The van der Waals surface area contributed by atoms with Crippen molar-refractivity contribution in [3.63, 3.8) is 0 Å². The van der Waals surface area contributed by atoms with Crippen molar-refractivity contribution in [3.05, 3.63) is 0 Å². The standard InChI is InChI=1S/C2H7NO.CCl2O/c3-1-2-4;2-1(3)4/h4H,1-3H2;. The summed E-state index contributed by atoms with van der Waals surface area (Å²) in [5.74, 6) is 0. The fourth-order valence-electron chi connectivity index (χ4n) is 0. The van der Waals surface area contributed by atoms with Crippen LogP contribution in [0.5, 0.6) is 0 Å². The van der Waals surface area contributed by atoms with Crippen LogP contribution in [0.1, 0.15) is 0 Å². The van der Waals surface area contributed by atoms with Crippen LogP contribution in [0.4, 0.5) is 4.79 Å². The molecule has 0 fully saturated rings. The molecule has 0 spiro atoms. The Morgan fingerprint density at radius 1 is 1.62 bits per heavy atom. The van der Waals surface area contributed by atoms with Crippen LogP contribution < -0.4 is 5.73 Å². The average Bonchev–Trinajstić information content (AvgIpc) is 1.65. The van der Waals surface area contributed by atoms with E-state index in [0.29, 0.717) is 6.54 Å². The van der Waals surface area contributed by atoms with Crippen molar-refractivity contribution in [2.45, 2.75) is 0 Å². The van der Waals surface area contributed by atoms with Crippen molar-refractivity contribution >= 4 is 27.9 Å².